The number of benzene rings is 2. The van der Waals surface area contributed by atoms with Crippen LogP contribution in [-0.2, 0) is 13.2 Å². The number of rotatable bonds is 4. The van der Waals surface area contributed by atoms with Crippen molar-refractivity contribution in [2.24, 2.45) is 0 Å². The summed E-state index contributed by atoms with van der Waals surface area (Å²) in [5.41, 5.74) is 2.68. The lowest BCUT2D eigenvalue weighted by Crippen LogP contribution is -2.00. The molecular weight excluding hydrogens is 297 g/mol. The van der Waals surface area contributed by atoms with Gasteiger partial charge < -0.3 is 10.4 Å². The maximum atomic E-state index is 13.1. The topological polar surface area (TPSA) is 32.3 Å². The molecule has 0 atom stereocenters. The number of aliphatic hydroxyl groups is 1. The molecular formula is C14H13BrFNO. The van der Waals surface area contributed by atoms with Crippen molar-refractivity contribution in [3.05, 3.63) is 63.9 Å². The molecule has 0 unspecified atom stereocenters. The van der Waals surface area contributed by atoms with Crippen LogP contribution in [0.5, 0.6) is 0 Å². The number of nitrogens with one attached hydrogen (secondary N) is 1. The molecule has 18 heavy (non-hydrogen) atoms. The molecule has 0 aliphatic carbocycles. The Balaban J connectivity index is 2.04. The Hall–Kier alpha value is -1.39. The Morgan fingerprint density at radius 3 is 2.39 bits per heavy atom. The summed E-state index contributed by atoms with van der Waals surface area (Å²) in [4.78, 5) is 0. The van der Waals surface area contributed by atoms with Gasteiger partial charge in [-0.1, -0.05) is 24.3 Å². The molecule has 2 nitrogen and oxygen atoms in total. The van der Waals surface area contributed by atoms with Gasteiger partial charge in [-0.3, -0.25) is 0 Å². The molecule has 0 aliphatic heterocycles. The first kappa shape index (κ1) is 13.1. The first-order chi connectivity index (χ1) is 8.69. The lowest BCUT2D eigenvalue weighted by Gasteiger charge is -2.09. The quantitative estimate of drug-likeness (QED) is 0.902. The van der Waals surface area contributed by atoms with Crippen molar-refractivity contribution >= 4 is 21.6 Å². The standard InChI is InChI=1S/C14H13BrFNO/c15-13-6-5-12(16)7-14(13)17-8-10-1-3-11(9-18)4-2-10/h1-7,17-18H,8-9H2. The van der Waals surface area contributed by atoms with Crippen molar-refractivity contribution in [2.45, 2.75) is 13.2 Å². The van der Waals surface area contributed by atoms with Crippen LogP contribution >= 0.6 is 15.9 Å². The summed E-state index contributed by atoms with van der Waals surface area (Å²) in [6.45, 7) is 0.650. The lowest BCUT2D eigenvalue weighted by atomic mass is 10.1. The van der Waals surface area contributed by atoms with Crippen LogP contribution in [0.2, 0.25) is 0 Å². The molecule has 2 N–H and O–H groups in total. The second-order valence-corrected chi connectivity index (χ2v) is 4.81. The van der Waals surface area contributed by atoms with E-state index in [0.29, 0.717) is 6.54 Å². The maximum Gasteiger partial charge on any atom is 0.125 e. The normalized spacial score (nSPS) is 10.4. The molecule has 2 aromatic carbocycles. The fraction of sp³-hybridized carbons (Fsp3) is 0.143. The van der Waals surface area contributed by atoms with E-state index in [-0.39, 0.29) is 12.4 Å². The van der Waals surface area contributed by atoms with Crippen LogP contribution in [0.1, 0.15) is 11.1 Å². The van der Waals surface area contributed by atoms with Crippen LogP contribution in [0, 0.1) is 5.82 Å². The molecule has 2 aromatic rings. The van der Waals surface area contributed by atoms with Crippen molar-refractivity contribution in [3.8, 4) is 0 Å². The minimum absolute atomic E-state index is 0.0448. The van der Waals surface area contributed by atoms with Crippen LogP contribution < -0.4 is 5.32 Å². The molecule has 0 bridgehead atoms. The Kier molecular flexibility index (Phi) is 4.33. The smallest absolute Gasteiger partial charge is 0.125 e. The first-order valence-corrected chi connectivity index (χ1v) is 6.36. The summed E-state index contributed by atoms with van der Waals surface area (Å²) in [5, 5.41) is 12.1. The van der Waals surface area contributed by atoms with E-state index in [1.165, 1.54) is 12.1 Å². The molecule has 0 aliphatic rings. The van der Waals surface area contributed by atoms with Crippen molar-refractivity contribution in [1.82, 2.24) is 0 Å². The number of aliphatic hydroxyl groups excluding tert-OH is 1. The van der Waals surface area contributed by atoms with E-state index in [1.807, 2.05) is 24.3 Å². The molecule has 0 spiro atoms. The summed E-state index contributed by atoms with van der Waals surface area (Å²) in [5.74, 6) is -0.267. The lowest BCUT2D eigenvalue weighted by molar-refractivity contribution is 0.282. The van der Waals surface area contributed by atoms with Gasteiger partial charge in [-0.05, 0) is 45.3 Å². The SMILES string of the molecule is OCc1ccc(CNc2cc(F)ccc2Br)cc1. The Morgan fingerprint density at radius 1 is 1.06 bits per heavy atom. The van der Waals surface area contributed by atoms with Crippen LogP contribution in [0.3, 0.4) is 0 Å². The predicted octanol–water partition coefficient (Wildman–Crippen LogP) is 3.69. The predicted molar refractivity (Wildman–Crippen MR) is 73.8 cm³/mol. The highest BCUT2D eigenvalue weighted by Gasteiger charge is 2.01. The van der Waals surface area contributed by atoms with Crippen LogP contribution in [0.25, 0.3) is 0 Å². The summed E-state index contributed by atoms with van der Waals surface area (Å²) in [6.07, 6.45) is 0. The van der Waals surface area contributed by atoms with Gasteiger partial charge in [-0.25, -0.2) is 4.39 Å². The van der Waals surface area contributed by atoms with Crippen LogP contribution in [0.4, 0.5) is 10.1 Å². The minimum atomic E-state index is -0.267. The number of hydrogen-bond acceptors (Lipinski definition) is 2. The molecule has 4 heteroatoms. The molecule has 0 aromatic heterocycles. The summed E-state index contributed by atoms with van der Waals surface area (Å²) < 4.78 is 13.9. The fourth-order valence-electron chi connectivity index (χ4n) is 1.59. The van der Waals surface area contributed by atoms with Crippen molar-refractivity contribution in [1.29, 1.82) is 0 Å². The molecule has 0 saturated carbocycles. The number of anilines is 1. The highest BCUT2D eigenvalue weighted by atomic mass is 79.9. The Bertz CT molecular complexity index is 528. The maximum absolute atomic E-state index is 13.1. The zero-order chi connectivity index (χ0) is 13.0. The third-order valence-electron chi connectivity index (χ3n) is 2.62. The van der Waals surface area contributed by atoms with E-state index in [2.05, 4.69) is 21.2 Å². The van der Waals surface area contributed by atoms with Gasteiger partial charge in [0.15, 0.2) is 0 Å². The Labute approximate surface area is 114 Å². The average molecular weight is 310 g/mol. The van der Waals surface area contributed by atoms with Gasteiger partial charge in [0.05, 0.1) is 12.3 Å². The minimum Gasteiger partial charge on any atom is -0.392 e. The second kappa shape index (κ2) is 5.98. The van der Waals surface area contributed by atoms with E-state index >= 15 is 0 Å². The summed E-state index contributed by atoms with van der Waals surface area (Å²) in [7, 11) is 0. The van der Waals surface area contributed by atoms with Gasteiger partial charge in [-0.2, -0.15) is 0 Å². The summed E-state index contributed by atoms with van der Waals surface area (Å²) in [6, 6.07) is 12.1. The highest BCUT2D eigenvalue weighted by molar-refractivity contribution is 9.10. The molecule has 0 amide bonds. The molecule has 0 heterocycles. The zero-order valence-corrected chi connectivity index (χ0v) is 11.2. The first-order valence-electron chi connectivity index (χ1n) is 5.56. The van der Waals surface area contributed by atoms with Gasteiger partial charge in [-0.15, -0.1) is 0 Å². The number of halogens is 2. The van der Waals surface area contributed by atoms with Crippen molar-refractivity contribution in [3.63, 3.8) is 0 Å². The van der Waals surface area contributed by atoms with Crippen LogP contribution in [0.15, 0.2) is 46.9 Å². The van der Waals surface area contributed by atoms with Gasteiger partial charge in [0.25, 0.3) is 0 Å². The molecule has 0 fully saturated rings. The van der Waals surface area contributed by atoms with Crippen molar-refractivity contribution < 1.29 is 9.50 Å². The van der Waals surface area contributed by atoms with E-state index in [0.717, 1.165) is 21.3 Å². The third kappa shape index (κ3) is 3.31. The van der Waals surface area contributed by atoms with Gasteiger partial charge in [0.2, 0.25) is 0 Å². The van der Waals surface area contributed by atoms with Crippen molar-refractivity contribution in [2.75, 3.05) is 5.32 Å². The van der Waals surface area contributed by atoms with Gasteiger partial charge >= 0.3 is 0 Å². The second-order valence-electron chi connectivity index (χ2n) is 3.95. The van der Waals surface area contributed by atoms with Crippen LogP contribution in [-0.4, -0.2) is 5.11 Å². The fourth-order valence-corrected chi connectivity index (χ4v) is 1.98. The zero-order valence-electron chi connectivity index (χ0n) is 9.66. The monoisotopic (exact) mass is 309 g/mol. The number of hydrogen-bond donors (Lipinski definition) is 2. The van der Waals surface area contributed by atoms with E-state index in [1.54, 1.807) is 6.07 Å². The molecule has 0 saturated heterocycles. The van der Waals surface area contributed by atoms with E-state index < -0.39 is 0 Å². The van der Waals surface area contributed by atoms with Gasteiger partial charge in [0, 0.05) is 11.0 Å². The molecule has 0 radical (unpaired) electrons. The average Bonchev–Trinajstić information content (AvgIpc) is 2.40. The third-order valence-corrected chi connectivity index (χ3v) is 3.31. The van der Waals surface area contributed by atoms with E-state index in [9.17, 15) is 4.39 Å². The van der Waals surface area contributed by atoms with Gasteiger partial charge in [0.1, 0.15) is 5.82 Å². The van der Waals surface area contributed by atoms with E-state index in [4.69, 9.17) is 5.11 Å². The summed E-state index contributed by atoms with van der Waals surface area (Å²) >= 11 is 3.36. The highest BCUT2D eigenvalue weighted by Crippen LogP contribution is 2.23. The Morgan fingerprint density at radius 2 is 1.72 bits per heavy atom. The molecule has 2 rings (SSSR count). The largest absolute Gasteiger partial charge is 0.392 e. The molecule has 94 valence electrons.